The average Bonchev–Trinajstić information content (AvgIpc) is 1.55. The standard InChI is InChI=1S/C96H94N12O12/c1-13-105(14-2)45-41-65-53(9)61-37-33-57(49-77(61)117-93(65)109)113-73-29-21-25-69-81(73)89-97-85(69)102-90-83-71(27-23-31-75(83)115-59-35-39-63-55(11)67(43-47-107(17-5)18-6)95(111)119-79(63)51-59)87(99-90)104-92-84-72(28-24-32-76(84)116-60-36-40-64-56(12)68(44-48-108(19-7)20-8)96(112)120-80(64)52-60)88(100-92)103-91-82-70(86(98-91)101-89)26-22-30-74(82)114-58-34-38-62-54(10)66(42-46-106(15-3)16-4)94(110)118-78(62)50-58/h21-40,49-52H,13-20,41-48H2,1-12H3,(H2,97,98,99,100,101,102,103,104). The van der Waals surface area contributed by atoms with Crippen LogP contribution in [0.5, 0.6) is 46.0 Å². The first-order valence-electron chi connectivity index (χ1n) is 41.6. The Morgan fingerprint density at radius 1 is 0.300 bits per heavy atom. The second kappa shape index (κ2) is 33.4. The first-order chi connectivity index (χ1) is 58.3. The number of nitrogens with one attached hydrogen (secondary N) is 2. The molecule has 0 unspecified atom stereocenters. The van der Waals surface area contributed by atoms with Crippen molar-refractivity contribution in [1.29, 1.82) is 0 Å². The summed E-state index contributed by atoms with van der Waals surface area (Å²) >= 11 is 0. The van der Waals surface area contributed by atoms with Crippen molar-refractivity contribution in [3.63, 3.8) is 0 Å². The van der Waals surface area contributed by atoms with Crippen LogP contribution in [-0.4, -0.2) is 138 Å². The van der Waals surface area contributed by atoms with Crippen LogP contribution < -0.4 is 41.4 Å². The summed E-state index contributed by atoms with van der Waals surface area (Å²) in [6.45, 7) is 34.5. The van der Waals surface area contributed by atoms with Crippen LogP contribution in [0.15, 0.2) is 182 Å². The van der Waals surface area contributed by atoms with Gasteiger partial charge in [0.05, 0.1) is 21.9 Å². The Hall–Kier alpha value is -13.0. The van der Waals surface area contributed by atoms with Gasteiger partial charge in [0, 0.05) is 116 Å². The molecule has 8 bridgehead atoms. The second-order valence-electron chi connectivity index (χ2n) is 30.4. The van der Waals surface area contributed by atoms with E-state index in [1.54, 1.807) is 24.3 Å². The zero-order chi connectivity index (χ0) is 83.3. The Bertz CT molecular complexity index is 6610. The summed E-state index contributed by atoms with van der Waals surface area (Å²) in [5, 5.41) is 5.30. The van der Waals surface area contributed by atoms with Gasteiger partial charge in [-0.05, 0) is 201 Å². The predicted molar refractivity (Wildman–Crippen MR) is 471 cm³/mol. The number of H-pyrrole nitrogens is 2. The Balaban J connectivity index is 0.873. The SMILES string of the molecule is CCN(CC)CCc1c(C)c2ccc(Oc3cccc4c3-c3nc-4nc4[nH]c(nc5nc(nc6[nH]c(n3)c3cccc(Oc7ccc8c(C)c(CCN(CC)CC)c(=O)oc8c7)c63)-c3cccc(Oc6ccc7c(C)c(CCN(CC)CC)c(=O)oc7c6)c3-5)c3cccc(Oc5ccc6c(C)c(CCN(CC)CC)c(=O)oc6c5)c43)cc2oc1=O. The molecule has 0 fully saturated rings. The van der Waals surface area contributed by atoms with E-state index in [2.05, 4.69) is 85.0 Å². The van der Waals surface area contributed by atoms with Gasteiger partial charge < -0.3 is 66.2 Å². The fraction of sp³-hybridized carbons (Fsp3) is 0.292. The molecule has 120 heavy (non-hydrogen) atoms. The molecule has 7 aromatic heterocycles. The first kappa shape index (κ1) is 79.5. The van der Waals surface area contributed by atoms with Gasteiger partial charge in [-0.1, -0.05) is 104 Å². The van der Waals surface area contributed by atoms with Crippen LogP contribution in [0.25, 0.3) is 134 Å². The normalized spacial score (nSPS) is 12.1. The minimum absolute atomic E-state index is 0.200. The summed E-state index contributed by atoms with van der Waals surface area (Å²) < 4.78 is 52.5. The van der Waals surface area contributed by atoms with E-state index in [9.17, 15) is 19.2 Å². The fourth-order valence-corrected chi connectivity index (χ4v) is 16.9. The third kappa shape index (κ3) is 15.0. The summed E-state index contributed by atoms with van der Waals surface area (Å²) in [7, 11) is 0. The third-order valence-electron chi connectivity index (χ3n) is 24.0. The molecule has 0 spiro atoms. The Morgan fingerprint density at radius 2 is 0.567 bits per heavy atom. The summed E-state index contributed by atoms with van der Waals surface area (Å²) in [6, 6.07) is 44.4. The van der Waals surface area contributed by atoms with Crippen molar-refractivity contribution in [3.05, 3.63) is 232 Å². The van der Waals surface area contributed by atoms with E-state index >= 15 is 0 Å². The van der Waals surface area contributed by atoms with Crippen molar-refractivity contribution in [3.8, 4) is 91.5 Å². The van der Waals surface area contributed by atoms with E-state index in [1.165, 1.54) is 0 Å². The van der Waals surface area contributed by atoms with Gasteiger partial charge in [-0.2, -0.15) is 0 Å². The molecule has 0 saturated heterocycles. The molecule has 2 aliphatic heterocycles. The highest BCUT2D eigenvalue weighted by Gasteiger charge is 2.30. The van der Waals surface area contributed by atoms with Crippen LogP contribution in [-0.2, 0) is 25.7 Å². The van der Waals surface area contributed by atoms with Crippen LogP contribution in [0, 0.1) is 27.7 Å². The van der Waals surface area contributed by atoms with Gasteiger partial charge in [-0.3, -0.25) is 0 Å². The molecule has 0 atom stereocenters. The van der Waals surface area contributed by atoms with E-state index in [-0.39, 0.29) is 34.6 Å². The largest absolute Gasteiger partial charge is 0.456 e. The minimum Gasteiger partial charge on any atom is -0.456 e. The third-order valence-corrected chi connectivity index (χ3v) is 24.0. The van der Waals surface area contributed by atoms with Gasteiger partial charge in [0.2, 0.25) is 0 Å². The molecule has 0 radical (unpaired) electrons. The van der Waals surface area contributed by atoms with Crippen molar-refractivity contribution in [2.24, 2.45) is 0 Å². The van der Waals surface area contributed by atoms with Gasteiger partial charge in [-0.15, -0.1) is 0 Å². The number of nitrogens with zero attached hydrogens (tertiary/aromatic N) is 10. The Morgan fingerprint density at radius 3 is 0.858 bits per heavy atom. The minimum atomic E-state index is -0.400. The van der Waals surface area contributed by atoms with E-state index in [4.69, 9.17) is 66.5 Å². The topological polar surface area (TPSA) is 280 Å². The number of hydrogen-bond donors (Lipinski definition) is 2. The molecule has 9 heterocycles. The van der Waals surface area contributed by atoms with Crippen LogP contribution >= 0.6 is 0 Å². The van der Waals surface area contributed by atoms with Crippen molar-refractivity contribution < 1.29 is 36.6 Å². The van der Waals surface area contributed by atoms with Crippen molar-refractivity contribution in [1.82, 2.24) is 59.5 Å². The maximum Gasteiger partial charge on any atom is 0.339 e. The van der Waals surface area contributed by atoms with Crippen LogP contribution in [0.4, 0.5) is 0 Å². The number of ether oxygens (including phenoxy) is 4. The molecule has 610 valence electrons. The molecule has 0 saturated carbocycles. The van der Waals surface area contributed by atoms with Gasteiger partial charge >= 0.3 is 22.5 Å². The molecule has 2 N–H and O–H groups in total. The number of benzene rings is 8. The molecule has 0 amide bonds. The molecule has 2 aliphatic rings. The monoisotopic (exact) mass is 1610 g/mol. The first-order valence-corrected chi connectivity index (χ1v) is 41.6. The average molecular weight is 1610 g/mol. The van der Waals surface area contributed by atoms with Gasteiger partial charge in [0.25, 0.3) is 0 Å². The number of fused-ring (bicyclic) bond motifs is 24. The molecule has 24 heteroatoms. The van der Waals surface area contributed by atoms with Gasteiger partial charge in [0.1, 0.15) is 90.9 Å². The lowest BCUT2D eigenvalue weighted by Gasteiger charge is -2.18. The molecular formula is C96H94N12O12. The molecular weight excluding hydrogens is 1510 g/mol. The number of aryl methyl sites for hydroxylation is 4. The number of likely N-dealkylation sites (N-methyl/N-ethyl adjacent to an activating group) is 4. The molecule has 0 aliphatic carbocycles. The van der Waals surface area contributed by atoms with Crippen LogP contribution in [0.1, 0.15) is 99.9 Å². The van der Waals surface area contributed by atoms with Crippen LogP contribution in [0.3, 0.4) is 0 Å². The maximum atomic E-state index is 13.9. The zero-order valence-electron chi connectivity index (χ0n) is 69.5. The molecule has 17 rings (SSSR count). The number of aromatic nitrogens is 8. The van der Waals surface area contributed by atoms with E-state index < -0.39 is 22.5 Å². The molecule has 24 nitrogen and oxygen atoms in total. The lowest BCUT2D eigenvalue weighted by Crippen LogP contribution is -2.27. The number of hydrogen-bond acceptors (Lipinski definition) is 22. The summed E-state index contributed by atoms with van der Waals surface area (Å²) in [4.78, 5) is 105. The van der Waals surface area contributed by atoms with Crippen molar-refractivity contribution >= 4 is 88.0 Å². The number of rotatable bonds is 28. The Kier molecular flexibility index (Phi) is 22.1. The van der Waals surface area contributed by atoms with Crippen molar-refractivity contribution in [2.75, 3.05) is 78.5 Å². The second-order valence-corrected chi connectivity index (χ2v) is 30.4. The highest BCUT2D eigenvalue weighted by atomic mass is 16.5. The van der Waals surface area contributed by atoms with Gasteiger partial charge in [0.15, 0.2) is 23.3 Å². The van der Waals surface area contributed by atoms with Gasteiger partial charge in [-0.25, -0.2) is 49.1 Å². The summed E-state index contributed by atoms with van der Waals surface area (Å²) in [5.74, 6) is 3.83. The Labute approximate surface area is 691 Å². The van der Waals surface area contributed by atoms with E-state index in [1.807, 2.05) is 149 Å². The lowest BCUT2D eigenvalue weighted by atomic mass is 10.0. The molecule has 8 aromatic carbocycles. The quantitative estimate of drug-likeness (QED) is 0.0431. The highest BCUT2D eigenvalue weighted by molar-refractivity contribution is 6.10. The molecule has 15 aromatic rings. The van der Waals surface area contributed by atoms with E-state index in [0.29, 0.717) is 198 Å². The highest BCUT2D eigenvalue weighted by Crippen LogP contribution is 2.48. The smallest absolute Gasteiger partial charge is 0.339 e. The lowest BCUT2D eigenvalue weighted by molar-refractivity contribution is 0.306. The van der Waals surface area contributed by atoms with Crippen molar-refractivity contribution in [2.45, 2.75) is 109 Å². The van der Waals surface area contributed by atoms with Crippen LogP contribution in [0.2, 0.25) is 0 Å². The fourth-order valence-electron chi connectivity index (χ4n) is 16.9. The maximum absolute atomic E-state index is 13.9. The van der Waals surface area contributed by atoms with E-state index in [0.717, 1.165) is 96.2 Å². The summed E-state index contributed by atoms with van der Waals surface area (Å²) in [5.41, 5.74) is 9.03. The predicted octanol–water partition coefficient (Wildman–Crippen LogP) is 19.2. The zero-order valence-corrected chi connectivity index (χ0v) is 69.5. The number of aromatic amines is 2. The summed E-state index contributed by atoms with van der Waals surface area (Å²) in [6.07, 6.45) is 2.17.